The lowest BCUT2D eigenvalue weighted by molar-refractivity contribution is -0.137. The Kier molecular flexibility index (Phi) is 5.85. The third-order valence-corrected chi connectivity index (χ3v) is 3.12. The minimum atomic E-state index is -1.01. The monoisotopic (exact) mass is 230 g/mol. The number of amides is 2. The second-order valence-corrected chi connectivity index (χ2v) is 4.02. The Morgan fingerprint density at radius 3 is 1.94 bits per heavy atom. The van der Waals surface area contributed by atoms with Crippen LogP contribution in [0.4, 0.5) is 4.79 Å². The van der Waals surface area contributed by atoms with Crippen molar-refractivity contribution in [1.29, 1.82) is 0 Å². The molecule has 2 amide bonds. The van der Waals surface area contributed by atoms with Crippen molar-refractivity contribution >= 4 is 12.0 Å². The fraction of sp³-hybridized carbons (Fsp3) is 0.818. The lowest BCUT2D eigenvalue weighted by Crippen LogP contribution is -2.52. The minimum absolute atomic E-state index is 0.218. The van der Waals surface area contributed by atoms with Gasteiger partial charge >= 0.3 is 12.0 Å². The van der Waals surface area contributed by atoms with Crippen LogP contribution >= 0.6 is 0 Å². The Labute approximate surface area is 96.8 Å². The number of carboxylic acids is 1. The molecule has 0 rings (SSSR count). The highest BCUT2D eigenvalue weighted by Crippen LogP contribution is 2.19. The molecule has 0 unspecified atom stereocenters. The average Bonchev–Trinajstić information content (AvgIpc) is 2.25. The summed E-state index contributed by atoms with van der Waals surface area (Å²) in [6.07, 6.45) is 2.52. The molecular formula is C11H22N2O3. The van der Waals surface area contributed by atoms with Crippen LogP contribution < -0.4 is 5.32 Å². The molecule has 0 spiro atoms. The Morgan fingerprint density at radius 2 is 1.62 bits per heavy atom. The maximum Gasteiger partial charge on any atom is 0.323 e. The third-order valence-electron chi connectivity index (χ3n) is 3.12. The fourth-order valence-electron chi connectivity index (χ4n) is 1.61. The number of likely N-dealkylation sites (N-methyl/N-ethyl adjacent to an activating group) is 1. The summed E-state index contributed by atoms with van der Waals surface area (Å²) in [6, 6.07) is -0.326. The zero-order chi connectivity index (χ0) is 12.8. The van der Waals surface area contributed by atoms with Gasteiger partial charge in [0.05, 0.1) is 0 Å². The first kappa shape index (κ1) is 14.7. The molecule has 0 aliphatic heterocycles. The minimum Gasteiger partial charge on any atom is -0.480 e. The summed E-state index contributed by atoms with van der Waals surface area (Å²) in [7, 11) is 1.48. The lowest BCUT2D eigenvalue weighted by atomic mass is 9.90. The molecule has 0 aliphatic rings. The molecule has 0 heterocycles. The van der Waals surface area contributed by atoms with E-state index in [0.717, 1.165) is 19.3 Å². The standard InChI is InChI=1S/C11H22N2O3/c1-5-11(6-2,7-3)12-10(16)13(4)8-9(14)15/h5-8H2,1-4H3,(H,12,16)(H,14,15). The molecule has 16 heavy (non-hydrogen) atoms. The highest BCUT2D eigenvalue weighted by Gasteiger charge is 2.27. The van der Waals surface area contributed by atoms with Crippen LogP contribution in [-0.4, -0.2) is 41.1 Å². The van der Waals surface area contributed by atoms with E-state index in [-0.39, 0.29) is 18.1 Å². The van der Waals surface area contributed by atoms with Gasteiger partial charge in [-0.05, 0) is 19.3 Å². The van der Waals surface area contributed by atoms with E-state index in [0.29, 0.717) is 0 Å². The van der Waals surface area contributed by atoms with Crippen molar-refractivity contribution in [3.63, 3.8) is 0 Å². The Morgan fingerprint density at radius 1 is 1.19 bits per heavy atom. The zero-order valence-corrected chi connectivity index (χ0v) is 10.5. The van der Waals surface area contributed by atoms with Gasteiger partial charge in [0, 0.05) is 12.6 Å². The quantitative estimate of drug-likeness (QED) is 0.729. The topological polar surface area (TPSA) is 69.6 Å². The molecule has 94 valence electrons. The number of carboxylic acid groups (broad SMARTS) is 1. The van der Waals surface area contributed by atoms with E-state index >= 15 is 0 Å². The van der Waals surface area contributed by atoms with E-state index in [1.807, 2.05) is 20.8 Å². The Balaban J connectivity index is 4.45. The van der Waals surface area contributed by atoms with E-state index in [1.54, 1.807) is 0 Å². The molecule has 0 aromatic carbocycles. The molecule has 0 bridgehead atoms. The molecule has 0 fully saturated rings. The van der Waals surface area contributed by atoms with E-state index < -0.39 is 5.97 Å². The highest BCUT2D eigenvalue weighted by molar-refractivity contribution is 5.80. The van der Waals surface area contributed by atoms with Crippen molar-refractivity contribution in [3.05, 3.63) is 0 Å². The highest BCUT2D eigenvalue weighted by atomic mass is 16.4. The van der Waals surface area contributed by atoms with Crippen LogP contribution in [0.2, 0.25) is 0 Å². The van der Waals surface area contributed by atoms with Gasteiger partial charge in [0.2, 0.25) is 0 Å². The van der Waals surface area contributed by atoms with Crippen LogP contribution in [0, 0.1) is 0 Å². The van der Waals surface area contributed by atoms with Crippen molar-refractivity contribution in [3.8, 4) is 0 Å². The summed E-state index contributed by atoms with van der Waals surface area (Å²) < 4.78 is 0. The summed E-state index contributed by atoms with van der Waals surface area (Å²) in [6.45, 7) is 5.78. The van der Waals surface area contributed by atoms with Gasteiger partial charge in [-0.3, -0.25) is 4.79 Å². The summed E-state index contributed by atoms with van der Waals surface area (Å²) in [5.74, 6) is -1.01. The molecule has 0 aliphatic carbocycles. The average molecular weight is 230 g/mol. The van der Waals surface area contributed by atoms with Gasteiger partial charge in [-0.1, -0.05) is 20.8 Å². The number of aliphatic carboxylic acids is 1. The lowest BCUT2D eigenvalue weighted by Gasteiger charge is -2.33. The van der Waals surface area contributed by atoms with Gasteiger partial charge in [-0.25, -0.2) is 4.79 Å². The zero-order valence-electron chi connectivity index (χ0n) is 10.5. The summed E-state index contributed by atoms with van der Waals surface area (Å²) in [4.78, 5) is 23.4. The maximum atomic E-state index is 11.7. The van der Waals surface area contributed by atoms with Gasteiger partial charge in [0.1, 0.15) is 6.54 Å². The van der Waals surface area contributed by atoms with E-state index in [4.69, 9.17) is 5.11 Å². The van der Waals surface area contributed by atoms with Crippen molar-refractivity contribution in [2.45, 2.75) is 45.6 Å². The van der Waals surface area contributed by atoms with Crippen molar-refractivity contribution in [1.82, 2.24) is 10.2 Å². The van der Waals surface area contributed by atoms with Crippen LogP contribution in [-0.2, 0) is 4.79 Å². The van der Waals surface area contributed by atoms with Crippen LogP contribution in [0.3, 0.4) is 0 Å². The van der Waals surface area contributed by atoms with E-state index in [9.17, 15) is 9.59 Å². The summed E-state index contributed by atoms with van der Waals surface area (Å²) in [5, 5.41) is 11.5. The number of hydrogen-bond acceptors (Lipinski definition) is 2. The SMILES string of the molecule is CCC(CC)(CC)NC(=O)N(C)CC(=O)O. The second-order valence-electron chi connectivity index (χ2n) is 4.02. The van der Waals surface area contributed by atoms with Gasteiger partial charge in [-0.15, -0.1) is 0 Å². The third kappa shape index (κ3) is 4.08. The number of hydrogen-bond donors (Lipinski definition) is 2. The molecule has 0 aromatic heterocycles. The Bertz CT molecular complexity index is 241. The van der Waals surface area contributed by atoms with Crippen LogP contribution in [0.15, 0.2) is 0 Å². The smallest absolute Gasteiger partial charge is 0.323 e. The van der Waals surface area contributed by atoms with Gasteiger partial charge < -0.3 is 15.3 Å². The molecule has 5 heteroatoms. The first-order valence-corrected chi connectivity index (χ1v) is 5.65. The predicted molar refractivity (Wildman–Crippen MR) is 62.4 cm³/mol. The van der Waals surface area contributed by atoms with Crippen molar-refractivity contribution < 1.29 is 14.7 Å². The van der Waals surface area contributed by atoms with E-state index in [2.05, 4.69) is 5.32 Å². The number of carbonyl (C=O) groups excluding carboxylic acids is 1. The van der Waals surface area contributed by atoms with Gasteiger partial charge in [0.15, 0.2) is 0 Å². The number of carbonyl (C=O) groups is 2. The Hall–Kier alpha value is -1.26. The van der Waals surface area contributed by atoms with Crippen LogP contribution in [0.1, 0.15) is 40.0 Å². The largest absolute Gasteiger partial charge is 0.480 e. The second kappa shape index (κ2) is 6.35. The van der Waals surface area contributed by atoms with Gasteiger partial charge in [0.25, 0.3) is 0 Å². The number of nitrogens with one attached hydrogen (secondary N) is 1. The number of nitrogens with zero attached hydrogens (tertiary/aromatic N) is 1. The molecule has 2 N–H and O–H groups in total. The molecular weight excluding hydrogens is 208 g/mol. The molecule has 5 nitrogen and oxygen atoms in total. The van der Waals surface area contributed by atoms with Gasteiger partial charge in [-0.2, -0.15) is 0 Å². The van der Waals surface area contributed by atoms with Crippen molar-refractivity contribution in [2.24, 2.45) is 0 Å². The predicted octanol–water partition coefficient (Wildman–Crippen LogP) is 1.68. The van der Waals surface area contributed by atoms with Crippen LogP contribution in [0.5, 0.6) is 0 Å². The normalized spacial score (nSPS) is 11.0. The first-order valence-electron chi connectivity index (χ1n) is 5.65. The maximum absolute atomic E-state index is 11.7. The summed E-state index contributed by atoms with van der Waals surface area (Å²) in [5.41, 5.74) is -0.218. The first-order chi connectivity index (χ1) is 7.40. The summed E-state index contributed by atoms with van der Waals surface area (Å²) >= 11 is 0. The molecule has 0 saturated carbocycles. The molecule has 0 atom stereocenters. The van der Waals surface area contributed by atoms with Crippen molar-refractivity contribution in [2.75, 3.05) is 13.6 Å². The van der Waals surface area contributed by atoms with E-state index in [1.165, 1.54) is 11.9 Å². The molecule has 0 saturated heterocycles. The van der Waals surface area contributed by atoms with Crippen LogP contribution in [0.25, 0.3) is 0 Å². The molecule has 0 aromatic rings. The fourth-order valence-corrected chi connectivity index (χ4v) is 1.61. The molecule has 0 radical (unpaired) electrons. The number of urea groups is 1. The number of rotatable bonds is 6.